The molecule has 1 aliphatic heterocycles. The Kier molecular flexibility index (Phi) is 4.64. The molecule has 1 fully saturated rings. The van der Waals surface area contributed by atoms with Gasteiger partial charge in [0.15, 0.2) is 0 Å². The first-order valence-corrected chi connectivity index (χ1v) is 6.59. The molecule has 1 saturated heterocycles. The van der Waals surface area contributed by atoms with Gasteiger partial charge in [-0.15, -0.1) is 0 Å². The molecule has 1 rings (SSSR count). The Morgan fingerprint density at radius 1 is 1.27 bits per heavy atom. The van der Waals surface area contributed by atoms with Crippen molar-refractivity contribution in [3.8, 4) is 0 Å². The van der Waals surface area contributed by atoms with Crippen molar-refractivity contribution in [1.29, 1.82) is 0 Å². The van der Waals surface area contributed by atoms with E-state index in [1.165, 1.54) is 38.6 Å². The van der Waals surface area contributed by atoms with E-state index in [9.17, 15) is 0 Å². The number of likely N-dealkylation sites (tertiary alicyclic amines) is 1. The molecule has 0 amide bonds. The summed E-state index contributed by atoms with van der Waals surface area (Å²) in [4.78, 5) is 2.50. The summed E-state index contributed by atoms with van der Waals surface area (Å²) in [6, 6.07) is 0.804. The van der Waals surface area contributed by atoms with Gasteiger partial charge in [0, 0.05) is 6.04 Å². The molecule has 0 aliphatic carbocycles. The van der Waals surface area contributed by atoms with Gasteiger partial charge in [-0.25, -0.2) is 0 Å². The van der Waals surface area contributed by atoms with Crippen LogP contribution in [0.2, 0.25) is 0 Å². The maximum Gasteiger partial charge on any atom is 0.00665 e. The molecule has 0 spiro atoms. The molecule has 2 unspecified atom stereocenters. The highest BCUT2D eigenvalue weighted by atomic mass is 15.1. The normalized spacial score (nSPS) is 29.4. The topological polar surface area (TPSA) is 3.24 Å². The van der Waals surface area contributed by atoms with E-state index in [4.69, 9.17) is 0 Å². The Morgan fingerprint density at radius 2 is 1.93 bits per heavy atom. The van der Waals surface area contributed by atoms with Gasteiger partial charge < -0.3 is 4.90 Å². The Balaban J connectivity index is 2.17. The van der Waals surface area contributed by atoms with Crippen LogP contribution in [0.3, 0.4) is 0 Å². The van der Waals surface area contributed by atoms with Crippen LogP contribution in [0.25, 0.3) is 0 Å². The minimum atomic E-state index is 0.525. The number of rotatable bonds is 3. The zero-order valence-electron chi connectivity index (χ0n) is 11.3. The molecule has 90 valence electrons. The van der Waals surface area contributed by atoms with E-state index in [1.807, 2.05) is 0 Å². The fourth-order valence-electron chi connectivity index (χ4n) is 2.57. The average Bonchev–Trinajstić information content (AvgIpc) is 2.09. The summed E-state index contributed by atoms with van der Waals surface area (Å²) in [5.41, 5.74) is 0.525. The minimum Gasteiger partial charge on any atom is -0.304 e. The van der Waals surface area contributed by atoms with Crippen molar-refractivity contribution in [2.75, 3.05) is 13.6 Å². The maximum atomic E-state index is 2.50. The van der Waals surface area contributed by atoms with Crippen molar-refractivity contribution >= 4 is 0 Å². The second-order valence-corrected chi connectivity index (χ2v) is 6.67. The van der Waals surface area contributed by atoms with Crippen molar-refractivity contribution in [1.82, 2.24) is 4.90 Å². The van der Waals surface area contributed by atoms with E-state index in [1.54, 1.807) is 0 Å². The van der Waals surface area contributed by atoms with Crippen molar-refractivity contribution < 1.29 is 0 Å². The van der Waals surface area contributed by atoms with Gasteiger partial charge in [0.1, 0.15) is 0 Å². The monoisotopic (exact) mass is 211 g/mol. The number of hydrogen-bond acceptors (Lipinski definition) is 1. The fourth-order valence-corrected chi connectivity index (χ4v) is 2.57. The Labute approximate surface area is 96.2 Å². The van der Waals surface area contributed by atoms with Gasteiger partial charge in [0.2, 0.25) is 0 Å². The second kappa shape index (κ2) is 5.34. The lowest BCUT2D eigenvalue weighted by molar-refractivity contribution is 0.145. The van der Waals surface area contributed by atoms with Gasteiger partial charge in [0.25, 0.3) is 0 Å². The van der Waals surface area contributed by atoms with Crippen LogP contribution in [0, 0.1) is 11.3 Å². The number of hydrogen-bond donors (Lipinski definition) is 0. The molecule has 1 heterocycles. The largest absolute Gasteiger partial charge is 0.304 e. The molecule has 2 atom stereocenters. The summed E-state index contributed by atoms with van der Waals surface area (Å²) in [5, 5.41) is 0. The van der Waals surface area contributed by atoms with Crippen LogP contribution < -0.4 is 0 Å². The fraction of sp³-hybridized carbons (Fsp3) is 1.00. The van der Waals surface area contributed by atoms with Crippen LogP contribution in [0.4, 0.5) is 0 Å². The quantitative estimate of drug-likeness (QED) is 0.683. The number of piperidine rings is 1. The zero-order valence-corrected chi connectivity index (χ0v) is 11.3. The van der Waals surface area contributed by atoms with Gasteiger partial charge >= 0.3 is 0 Å². The van der Waals surface area contributed by atoms with E-state index < -0.39 is 0 Å². The molecule has 0 bridgehead atoms. The van der Waals surface area contributed by atoms with Crippen molar-refractivity contribution in [3.05, 3.63) is 0 Å². The maximum absolute atomic E-state index is 2.50. The molecule has 0 saturated carbocycles. The van der Waals surface area contributed by atoms with Crippen LogP contribution >= 0.6 is 0 Å². The molecular formula is C14H29N. The van der Waals surface area contributed by atoms with Gasteiger partial charge in [-0.1, -0.05) is 33.6 Å². The molecule has 1 nitrogen and oxygen atoms in total. The summed E-state index contributed by atoms with van der Waals surface area (Å²) >= 11 is 0. The predicted octanol–water partition coefficient (Wildman–Crippen LogP) is 3.93. The third kappa shape index (κ3) is 5.01. The molecule has 0 aromatic carbocycles. The van der Waals surface area contributed by atoms with Crippen LogP contribution in [0.15, 0.2) is 0 Å². The summed E-state index contributed by atoms with van der Waals surface area (Å²) in [6.45, 7) is 10.7. The van der Waals surface area contributed by atoms with Gasteiger partial charge in [-0.2, -0.15) is 0 Å². The van der Waals surface area contributed by atoms with E-state index in [-0.39, 0.29) is 0 Å². The molecule has 0 aromatic rings. The Hall–Kier alpha value is -0.0400. The van der Waals surface area contributed by atoms with Crippen molar-refractivity contribution in [2.24, 2.45) is 11.3 Å². The molecule has 15 heavy (non-hydrogen) atoms. The molecule has 0 N–H and O–H groups in total. The lowest BCUT2D eigenvalue weighted by Crippen LogP contribution is -2.37. The van der Waals surface area contributed by atoms with Gasteiger partial charge in [-0.05, 0) is 51.1 Å². The highest BCUT2D eigenvalue weighted by molar-refractivity contribution is 4.77. The highest BCUT2D eigenvalue weighted by Crippen LogP contribution is 2.29. The second-order valence-electron chi connectivity index (χ2n) is 6.67. The summed E-state index contributed by atoms with van der Waals surface area (Å²) < 4.78 is 0. The summed E-state index contributed by atoms with van der Waals surface area (Å²) in [6.07, 6.45) is 7.10. The zero-order chi connectivity index (χ0) is 11.5. The molecule has 1 aliphatic rings. The summed E-state index contributed by atoms with van der Waals surface area (Å²) in [5.74, 6) is 0.999. The minimum absolute atomic E-state index is 0.525. The van der Waals surface area contributed by atoms with E-state index in [0.29, 0.717) is 5.41 Å². The molecule has 0 radical (unpaired) electrons. The van der Waals surface area contributed by atoms with Crippen LogP contribution in [0.5, 0.6) is 0 Å². The first-order valence-electron chi connectivity index (χ1n) is 6.59. The van der Waals surface area contributed by atoms with E-state index >= 15 is 0 Å². The Morgan fingerprint density at radius 3 is 2.47 bits per heavy atom. The lowest BCUT2D eigenvalue weighted by Gasteiger charge is -2.35. The Bertz CT molecular complexity index is 180. The van der Waals surface area contributed by atoms with Crippen LogP contribution in [-0.4, -0.2) is 24.5 Å². The van der Waals surface area contributed by atoms with Crippen LogP contribution in [-0.2, 0) is 0 Å². The van der Waals surface area contributed by atoms with Crippen molar-refractivity contribution in [3.63, 3.8) is 0 Å². The SMILES string of the molecule is CC1CC(CCCC(C)(C)C)CCN1C. The van der Waals surface area contributed by atoms with Crippen LogP contribution in [0.1, 0.15) is 59.8 Å². The third-order valence-electron chi connectivity index (χ3n) is 3.86. The lowest BCUT2D eigenvalue weighted by atomic mass is 9.84. The summed E-state index contributed by atoms with van der Waals surface area (Å²) in [7, 11) is 2.26. The standard InChI is InChI=1S/C14H29N/c1-12-11-13(8-10-15(12)5)7-6-9-14(2,3)4/h12-13H,6-11H2,1-5H3. The predicted molar refractivity (Wildman–Crippen MR) is 68.1 cm³/mol. The smallest absolute Gasteiger partial charge is 0.00665 e. The van der Waals surface area contributed by atoms with E-state index in [2.05, 4.69) is 39.6 Å². The van der Waals surface area contributed by atoms with Crippen molar-refractivity contribution in [2.45, 2.75) is 65.8 Å². The van der Waals surface area contributed by atoms with E-state index in [0.717, 1.165) is 12.0 Å². The molecule has 0 aromatic heterocycles. The average molecular weight is 211 g/mol. The third-order valence-corrected chi connectivity index (χ3v) is 3.86. The molecule has 1 heteroatoms. The first-order chi connectivity index (χ1) is 6.88. The number of nitrogens with zero attached hydrogens (tertiary/aromatic N) is 1. The molecular weight excluding hydrogens is 182 g/mol. The highest BCUT2D eigenvalue weighted by Gasteiger charge is 2.22. The van der Waals surface area contributed by atoms with Gasteiger partial charge in [-0.3, -0.25) is 0 Å². The first kappa shape index (κ1) is 13.0. The van der Waals surface area contributed by atoms with Gasteiger partial charge in [0.05, 0.1) is 0 Å².